The molecule has 0 fully saturated rings. The van der Waals surface area contributed by atoms with Crippen LogP contribution in [0.15, 0.2) is 17.5 Å². The van der Waals surface area contributed by atoms with Crippen LogP contribution in [0.3, 0.4) is 0 Å². The first-order valence-electron chi connectivity index (χ1n) is 6.21. The smallest absolute Gasteiger partial charge is 0.233 e. The summed E-state index contributed by atoms with van der Waals surface area (Å²) in [6, 6.07) is 4.19. The molecule has 0 aromatic carbocycles. The third kappa shape index (κ3) is 8.99. The van der Waals surface area contributed by atoms with Gasteiger partial charge in [-0.2, -0.15) is 0 Å². The Hall–Kier alpha value is -0.620. The number of hydrogen-bond acceptors (Lipinski definition) is 4. The van der Waals surface area contributed by atoms with Gasteiger partial charge in [-0.05, 0) is 23.8 Å². The summed E-state index contributed by atoms with van der Waals surface area (Å²) in [5.74, 6) is 0.510. The molecule has 1 aromatic heterocycles. The number of carbonyl (C=O) groups is 1. The zero-order chi connectivity index (χ0) is 13.2. The van der Waals surface area contributed by atoms with Crippen LogP contribution in [0.1, 0.15) is 11.8 Å². The summed E-state index contributed by atoms with van der Waals surface area (Å²) >= 11 is 1.77. The molecule has 6 heteroatoms. The van der Waals surface area contributed by atoms with Crippen LogP contribution in [0.2, 0.25) is 0 Å². The van der Waals surface area contributed by atoms with Crippen molar-refractivity contribution in [2.24, 2.45) is 5.92 Å². The Kier molecular flexibility index (Phi) is 10.9. The topological polar surface area (TPSA) is 50.4 Å². The number of halogens is 1. The van der Waals surface area contributed by atoms with Gasteiger partial charge >= 0.3 is 0 Å². The summed E-state index contributed by atoms with van der Waals surface area (Å²) < 4.78 is 4.89. The molecule has 19 heavy (non-hydrogen) atoms. The zero-order valence-electron chi connectivity index (χ0n) is 11.5. The minimum absolute atomic E-state index is 0. The second-order valence-corrected chi connectivity index (χ2v) is 5.39. The molecule has 2 N–H and O–H groups in total. The van der Waals surface area contributed by atoms with Crippen molar-refractivity contribution in [1.29, 1.82) is 0 Å². The van der Waals surface area contributed by atoms with Crippen LogP contribution in [0.4, 0.5) is 0 Å². The number of ether oxygens (including phenoxy) is 1. The van der Waals surface area contributed by atoms with E-state index in [1.807, 2.05) is 0 Å². The average molecular weight is 307 g/mol. The number of rotatable bonds is 9. The summed E-state index contributed by atoms with van der Waals surface area (Å²) in [6.07, 6.45) is 1.02. The van der Waals surface area contributed by atoms with E-state index in [2.05, 4.69) is 35.1 Å². The Bertz CT molecular complexity index is 333. The fraction of sp³-hybridized carbons (Fsp3) is 0.615. The van der Waals surface area contributed by atoms with Gasteiger partial charge in [0.2, 0.25) is 5.91 Å². The van der Waals surface area contributed by atoms with Crippen LogP contribution in [0, 0.1) is 5.92 Å². The normalized spacial score (nSPS) is 11.7. The maximum absolute atomic E-state index is 11.5. The molecule has 1 atom stereocenters. The van der Waals surface area contributed by atoms with E-state index in [1.165, 1.54) is 4.88 Å². The predicted octanol–water partition coefficient (Wildman–Crippen LogP) is 1.70. The first-order valence-corrected chi connectivity index (χ1v) is 7.09. The van der Waals surface area contributed by atoms with Gasteiger partial charge in [-0.1, -0.05) is 13.0 Å². The Balaban J connectivity index is 0.00000324. The monoisotopic (exact) mass is 306 g/mol. The molecular weight excluding hydrogens is 284 g/mol. The van der Waals surface area contributed by atoms with E-state index < -0.39 is 0 Å². The molecule has 1 amide bonds. The van der Waals surface area contributed by atoms with E-state index in [4.69, 9.17) is 4.74 Å². The Morgan fingerprint density at radius 3 is 2.95 bits per heavy atom. The lowest BCUT2D eigenvalue weighted by atomic mass is 10.1. The van der Waals surface area contributed by atoms with Crippen LogP contribution in [0.25, 0.3) is 0 Å². The van der Waals surface area contributed by atoms with Gasteiger partial charge in [0.05, 0.1) is 13.2 Å². The molecule has 1 rings (SSSR count). The number of carbonyl (C=O) groups excluding carboxylic acids is 1. The first-order chi connectivity index (χ1) is 8.72. The number of amides is 1. The van der Waals surface area contributed by atoms with Crippen LogP contribution in [-0.2, 0) is 16.0 Å². The fourth-order valence-electron chi connectivity index (χ4n) is 1.57. The summed E-state index contributed by atoms with van der Waals surface area (Å²) in [7, 11) is 1.65. The van der Waals surface area contributed by atoms with Gasteiger partial charge in [0.1, 0.15) is 0 Å². The average Bonchev–Trinajstić information content (AvgIpc) is 2.85. The van der Waals surface area contributed by atoms with Crippen LogP contribution >= 0.6 is 23.7 Å². The number of thiophene rings is 1. The zero-order valence-corrected chi connectivity index (χ0v) is 13.1. The molecule has 0 spiro atoms. The summed E-state index contributed by atoms with van der Waals surface area (Å²) in [6.45, 7) is 4.56. The molecule has 0 radical (unpaired) electrons. The van der Waals surface area contributed by atoms with E-state index in [9.17, 15) is 4.79 Å². The SMILES string of the molecule is COCCNCC(=O)NCC(C)Cc1cccs1.Cl. The fourth-order valence-corrected chi connectivity index (χ4v) is 2.44. The third-order valence-corrected chi connectivity index (χ3v) is 3.44. The van der Waals surface area contributed by atoms with E-state index in [-0.39, 0.29) is 18.3 Å². The van der Waals surface area contributed by atoms with Gasteiger partial charge < -0.3 is 15.4 Å². The molecule has 0 saturated carbocycles. The standard InChI is InChI=1S/C13H22N2O2S.ClH/c1-11(8-12-4-3-7-18-12)9-15-13(16)10-14-5-6-17-2;/h3-4,7,11,14H,5-6,8-10H2,1-2H3,(H,15,16);1H. The van der Waals surface area contributed by atoms with Gasteiger partial charge in [-0.25, -0.2) is 0 Å². The first kappa shape index (κ1) is 18.4. The minimum Gasteiger partial charge on any atom is -0.383 e. The summed E-state index contributed by atoms with van der Waals surface area (Å²) in [5.41, 5.74) is 0. The maximum atomic E-state index is 11.5. The Labute approximate surface area is 125 Å². The van der Waals surface area contributed by atoms with Crippen LogP contribution < -0.4 is 10.6 Å². The minimum atomic E-state index is 0. The van der Waals surface area contributed by atoms with Crippen LogP contribution in [-0.4, -0.2) is 39.3 Å². The molecule has 0 aliphatic rings. The second-order valence-electron chi connectivity index (χ2n) is 4.36. The molecule has 0 saturated heterocycles. The molecule has 1 aromatic rings. The number of nitrogens with one attached hydrogen (secondary N) is 2. The molecule has 0 bridgehead atoms. The van der Waals surface area contributed by atoms with Crippen molar-refractivity contribution in [3.63, 3.8) is 0 Å². The van der Waals surface area contributed by atoms with E-state index in [0.29, 0.717) is 25.6 Å². The van der Waals surface area contributed by atoms with Crippen molar-refractivity contribution in [2.45, 2.75) is 13.3 Å². The lowest BCUT2D eigenvalue weighted by molar-refractivity contribution is -0.120. The van der Waals surface area contributed by atoms with Crippen molar-refractivity contribution >= 4 is 29.7 Å². The Morgan fingerprint density at radius 2 is 2.32 bits per heavy atom. The summed E-state index contributed by atoms with van der Waals surface area (Å²) in [5, 5.41) is 8.04. The highest BCUT2D eigenvalue weighted by molar-refractivity contribution is 7.09. The van der Waals surface area contributed by atoms with Gasteiger partial charge in [0, 0.05) is 25.1 Å². The Morgan fingerprint density at radius 1 is 1.53 bits per heavy atom. The van der Waals surface area contributed by atoms with Gasteiger partial charge in [0.15, 0.2) is 0 Å². The van der Waals surface area contributed by atoms with E-state index in [0.717, 1.165) is 13.0 Å². The molecule has 0 aliphatic carbocycles. The van der Waals surface area contributed by atoms with Crippen LogP contribution in [0.5, 0.6) is 0 Å². The molecule has 110 valence electrons. The predicted molar refractivity (Wildman–Crippen MR) is 82.2 cm³/mol. The quantitative estimate of drug-likeness (QED) is 0.683. The lowest BCUT2D eigenvalue weighted by Crippen LogP contribution is -2.37. The van der Waals surface area contributed by atoms with Gasteiger partial charge in [-0.15, -0.1) is 23.7 Å². The van der Waals surface area contributed by atoms with Crippen molar-refractivity contribution < 1.29 is 9.53 Å². The molecular formula is C13H23ClN2O2S. The van der Waals surface area contributed by atoms with Crippen molar-refractivity contribution in [1.82, 2.24) is 10.6 Å². The van der Waals surface area contributed by atoms with Crippen molar-refractivity contribution in [3.05, 3.63) is 22.4 Å². The van der Waals surface area contributed by atoms with Crippen molar-refractivity contribution in [3.8, 4) is 0 Å². The highest BCUT2D eigenvalue weighted by Gasteiger charge is 2.06. The number of methoxy groups -OCH3 is 1. The summed E-state index contributed by atoms with van der Waals surface area (Å²) in [4.78, 5) is 12.9. The molecule has 1 unspecified atom stereocenters. The highest BCUT2D eigenvalue weighted by Crippen LogP contribution is 2.13. The van der Waals surface area contributed by atoms with E-state index in [1.54, 1.807) is 18.4 Å². The molecule has 4 nitrogen and oxygen atoms in total. The lowest BCUT2D eigenvalue weighted by Gasteiger charge is -2.12. The second kappa shape index (κ2) is 11.2. The third-order valence-electron chi connectivity index (χ3n) is 2.55. The maximum Gasteiger partial charge on any atom is 0.233 e. The largest absolute Gasteiger partial charge is 0.383 e. The van der Waals surface area contributed by atoms with Gasteiger partial charge in [-0.3, -0.25) is 4.79 Å². The number of hydrogen-bond donors (Lipinski definition) is 2. The highest BCUT2D eigenvalue weighted by atomic mass is 35.5. The molecule has 1 heterocycles. The molecule has 0 aliphatic heterocycles. The van der Waals surface area contributed by atoms with Gasteiger partial charge in [0.25, 0.3) is 0 Å². The van der Waals surface area contributed by atoms with E-state index >= 15 is 0 Å². The van der Waals surface area contributed by atoms with Crippen molar-refractivity contribution in [2.75, 3.05) is 33.4 Å².